The summed E-state index contributed by atoms with van der Waals surface area (Å²) in [4.78, 5) is 13.6. The molecule has 1 aromatic rings. The second-order valence-corrected chi connectivity index (χ2v) is 7.50. The van der Waals surface area contributed by atoms with E-state index in [1.165, 1.54) is 37.0 Å². The molecule has 1 fully saturated rings. The highest BCUT2D eigenvalue weighted by Crippen LogP contribution is 2.41. The number of nitrogens with two attached hydrogens (primary N) is 1. The third-order valence-electron chi connectivity index (χ3n) is 4.84. The van der Waals surface area contributed by atoms with E-state index < -0.39 is 0 Å². The Kier molecular flexibility index (Phi) is 7.40. The SMILES string of the molecule is NCCCCCCC(=O)NCC1(c2cccs2)CCCCC1. The van der Waals surface area contributed by atoms with E-state index in [4.69, 9.17) is 5.73 Å². The largest absolute Gasteiger partial charge is 0.355 e. The van der Waals surface area contributed by atoms with Gasteiger partial charge in [0.05, 0.1) is 0 Å². The van der Waals surface area contributed by atoms with Crippen LogP contribution in [-0.2, 0) is 10.2 Å². The van der Waals surface area contributed by atoms with Gasteiger partial charge in [-0.25, -0.2) is 0 Å². The van der Waals surface area contributed by atoms with Crippen LogP contribution in [0.1, 0.15) is 69.1 Å². The third-order valence-corrected chi connectivity index (χ3v) is 5.95. The maximum Gasteiger partial charge on any atom is 0.220 e. The van der Waals surface area contributed by atoms with Gasteiger partial charge in [0.25, 0.3) is 0 Å². The number of thiophene rings is 1. The van der Waals surface area contributed by atoms with Gasteiger partial charge in [-0.15, -0.1) is 11.3 Å². The molecule has 0 bridgehead atoms. The van der Waals surface area contributed by atoms with Gasteiger partial charge in [0.2, 0.25) is 5.91 Å². The third kappa shape index (κ3) is 5.10. The molecule has 1 amide bonds. The Morgan fingerprint density at radius 3 is 2.64 bits per heavy atom. The summed E-state index contributed by atoms with van der Waals surface area (Å²) in [6, 6.07) is 4.38. The average molecular weight is 323 g/mol. The second kappa shape index (κ2) is 9.31. The molecule has 1 heterocycles. The van der Waals surface area contributed by atoms with E-state index in [0.29, 0.717) is 6.42 Å². The normalized spacial score (nSPS) is 17.3. The highest BCUT2D eigenvalue weighted by molar-refractivity contribution is 7.10. The van der Waals surface area contributed by atoms with E-state index in [0.717, 1.165) is 38.8 Å². The minimum absolute atomic E-state index is 0.196. The number of carbonyl (C=O) groups excluding carboxylic acids is 1. The first kappa shape index (κ1) is 17.5. The summed E-state index contributed by atoms with van der Waals surface area (Å²) in [6.07, 6.45) is 11.3. The van der Waals surface area contributed by atoms with Crippen molar-refractivity contribution < 1.29 is 4.79 Å². The molecule has 3 N–H and O–H groups in total. The molecule has 2 rings (SSSR count). The lowest BCUT2D eigenvalue weighted by atomic mass is 9.73. The van der Waals surface area contributed by atoms with Gasteiger partial charge in [0.1, 0.15) is 0 Å². The van der Waals surface area contributed by atoms with Crippen molar-refractivity contribution >= 4 is 17.2 Å². The van der Waals surface area contributed by atoms with E-state index in [-0.39, 0.29) is 11.3 Å². The number of hydrogen-bond acceptors (Lipinski definition) is 3. The predicted molar refractivity (Wildman–Crippen MR) is 94.2 cm³/mol. The zero-order chi connectivity index (χ0) is 15.7. The minimum atomic E-state index is 0.196. The van der Waals surface area contributed by atoms with Gasteiger partial charge >= 0.3 is 0 Å². The van der Waals surface area contributed by atoms with Crippen molar-refractivity contribution in [2.75, 3.05) is 13.1 Å². The van der Waals surface area contributed by atoms with Crippen molar-refractivity contribution in [2.24, 2.45) is 5.73 Å². The molecular formula is C18H30N2OS. The van der Waals surface area contributed by atoms with Crippen LogP contribution < -0.4 is 11.1 Å². The van der Waals surface area contributed by atoms with Crippen molar-refractivity contribution in [3.05, 3.63) is 22.4 Å². The number of amides is 1. The fourth-order valence-corrected chi connectivity index (χ4v) is 4.45. The van der Waals surface area contributed by atoms with E-state index in [9.17, 15) is 4.79 Å². The van der Waals surface area contributed by atoms with Crippen LogP contribution in [0.5, 0.6) is 0 Å². The molecular weight excluding hydrogens is 292 g/mol. The summed E-state index contributed by atoms with van der Waals surface area (Å²) in [7, 11) is 0. The molecule has 0 atom stereocenters. The summed E-state index contributed by atoms with van der Waals surface area (Å²) in [6.45, 7) is 1.57. The van der Waals surface area contributed by atoms with Gasteiger partial charge in [-0.1, -0.05) is 38.2 Å². The number of rotatable bonds is 9. The highest BCUT2D eigenvalue weighted by Gasteiger charge is 2.34. The van der Waals surface area contributed by atoms with Crippen LogP contribution in [0, 0.1) is 0 Å². The smallest absolute Gasteiger partial charge is 0.220 e. The van der Waals surface area contributed by atoms with Crippen LogP contribution in [0.4, 0.5) is 0 Å². The van der Waals surface area contributed by atoms with Gasteiger partial charge < -0.3 is 11.1 Å². The lowest BCUT2D eigenvalue weighted by Gasteiger charge is -2.36. The zero-order valence-corrected chi connectivity index (χ0v) is 14.4. The molecule has 0 saturated heterocycles. The summed E-state index contributed by atoms with van der Waals surface area (Å²) >= 11 is 1.84. The number of unbranched alkanes of at least 4 members (excludes halogenated alkanes) is 3. The summed E-state index contributed by atoms with van der Waals surface area (Å²) in [5, 5.41) is 5.37. The Balaban J connectivity index is 1.78. The van der Waals surface area contributed by atoms with Gasteiger partial charge in [0.15, 0.2) is 0 Å². The van der Waals surface area contributed by atoms with Gasteiger partial charge in [0, 0.05) is 23.3 Å². The lowest BCUT2D eigenvalue weighted by molar-refractivity contribution is -0.121. The van der Waals surface area contributed by atoms with Gasteiger partial charge in [-0.2, -0.15) is 0 Å². The summed E-state index contributed by atoms with van der Waals surface area (Å²) in [5.74, 6) is 0.217. The quantitative estimate of drug-likeness (QED) is 0.676. The molecule has 0 aromatic carbocycles. The molecule has 0 aliphatic heterocycles. The monoisotopic (exact) mass is 322 g/mol. The van der Waals surface area contributed by atoms with Crippen molar-refractivity contribution in [1.82, 2.24) is 5.32 Å². The molecule has 0 spiro atoms. The molecule has 124 valence electrons. The number of nitrogens with one attached hydrogen (secondary N) is 1. The Hall–Kier alpha value is -0.870. The molecule has 22 heavy (non-hydrogen) atoms. The van der Waals surface area contributed by atoms with Crippen LogP contribution in [0.2, 0.25) is 0 Å². The fraction of sp³-hybridized carbons (Fsp3) is 0.722. The van der Waals surface area contributed by atoms with E-state index in [1.54, 1.807) is 0 Å². The number of hydrogen-bond donors (Lipinski definition) is 2. The maximum atomic E-state index is 12.1. The topological polar surface area (TPSA) is 55.1 Å². The van der Waals surface area contributed by atoms with Crippen molar-refractivity contribution in [1.29, 1.82) is 0 Å². The Bertz CT molecular complexity index is 424. The Morgan fingerprint density at radius 2 is 1.95 bits per heavy atom. The van der Waals surface area contributed by atoms with Gasteiger partial charge in [-0.05, 0) is 43.7 Å². The molecule has 1 aliphatic carbocycles. The molecule has 3 nitrogen and oxygen atoms in total. The number of carbonyl (C=O) groups is 1. The van der Waals surface area contributed by atoms with Crippen LogP contribution in [0.25, 0.3) is 0 Å². The van der Waals surface area contributed by atoms with E-state index in [2.05, 4.69) is 22.8 Å². The Morgan fingerprint density at radius 1 is 1.18 bits per heavy atom. The fourth-order valence-electron chi connectivity index (χ4n) is 3.46. The first-order valence-corrected chi connectivity index (χ1v) is 9.65. The second-order valence-electron chi connectivity index (χ2n) is 6.55. The first-order valence-electron chi connectivity index (χ1n) is 8.78. The summed E-state index contributed by atoms with van der Waals surface area (Å²) < 4.78 is 0. The van der Waals surface area contributed by atoms with Crippen LogP contribution in [0.3, 0.4) is 0 Å². The van der Waals surface area contributed by atoms with Gasteiger partial charge in [-0.3, -0.25) is 4.79 Å². The van der Waals surface area contributed by atoms with E-state index in [1.807, 2.05) is 11.3 Å². The van der Waals surface area contributed by atoms with Crippen molar-refractivity contribution in [2.45, 2.75) is 69.6 Å². The lowest BCUT2D eigenvalue weighted by Crippen LogP contribution is -2.41. The zero-order valence-electron chi connectivity index (χ0n) is 13.6. The molecule has 1 saturated carbocycles. The predicted octanol–water partition coefficient (Wildman–Crippen LogP) is 3.98. The van der Waals surface area contributed by atoms with Crippen molar-refractivity contribution in [3.8, 4) is 0 Å². The molecule has 1 aromatic heterocycles. The maximum absolute atomic E-state index is 12.1. The van der Waals surface area contributed by atoms with E-state index >= 15 is 0 Å². The average Bonchev–Trinajstić information content (AvgIpc) is 3.09. The van der Waals surface area contributed by atoms with Crippen LogP contribution in [0.15, 0.2) is 17.5 Å². The Labute approximate surface area is 138 Å². The standard InChI is InChI=1S/C18H30N2OS/c19-13-7-2-1-4-10-17(21)20-15-18(11-5-3-6-12-18)16-9-8-14-22-16/h8-9,14H,1-7,10-13,15,19H2,(H,20,21). The molecule has 1 aliphatic rings. The molecule has 4 heteroatoms. The van der Waals surface area contributed by atoms with Crippen molar-refractivity contribution in [3.63, 3.8) is 0 Å². The highest BCUT2D eigenvalue weighted by atomic mass is 32.1. The first-order chi connectivity index (χ1) is 10.8. The molecule has 0 unspecified atom stereocenters. The van der Waals surface area contributed by atoms with Crippen LogP contribution >= 0.6 is 11.3 Å². The van der Waals surface area contributed by atoms with Crippen LogP contribution in [-0.4, -0.2) is 19.0 Å². The molecule has 0 radical (unpaired) electrons. The summed E-state index contributed by atoms with van der Waals surface area (Å²) in [5.41, 5.74) is 5.68. The minimum Gasteiger partial charge on any atom is -0.355 e.